The molecule has 1 aliphatic rings. The van der Waals surface area contributed by atoms with Crippen LogP contribution in [0.15, 0.2) is 87.7 Å². The molecule has 0 amide bonds. The molecule has 1 heterocycles. The number of anilines is 1. The highest BCUT2D eigenvalue weighted by molar-refractivity contribution is 7.90. The number of sulfone groups is 1. The van der Waals surface area contributed by atoms with Gasteiger partial charge in [0, 0.05) is 17.7 Å². The Hall–Kier alpha value is -2.72. The number of primary sulfonamides is 1. The number of hydrogen-bond acceptors (Lipinski definition) is 6. The Morgan fingerprint density at radius 2 is 1.44 bits per heavy atom. The number of nitrogens with two attached hydrogens (primary N) is 1. The van der Waals surface area contributed by atoms with E-state index in [-0.39, 0.29) is 15.8 Å². The second kappa shape index (κ2) is 8.32. The van der Waals surface area contributed by atoms with Gasteiger partial charge in [-0.2, -0.15) is 5.10 Å². The van der Waals surface area contributed by atoms with Gasteiger partial charge >= 0.3 is 0 Å². The SMILES string of the molecule is CS(=O)(=O)c1ccc(C2=NN(c3ccc(S(N)(=O)=O)cc3)C(c3ccc(Cl)cc3)C2)cc1. The van der Waals surface area contributed by atoms with Crippen molar-refractivity contribution in [2.75, 3.05) is 11.3 Å². The van der Waals surface area contributed by atoms with Crippen LogP contribution < -0.4 is 10.1 Å². The third kappa shape index (κ3) is 4.71. The minimum Gasteiger partial charge on any atom is -0.257 e. The molecule has 0 bridgehead atoms. The molecule has 1 aliphatic heterocycles. The zero-order valence-corrected chi connectivity index (χ0v) is 19.4. The van der Waals surface area contributed by atoms with Crippen LogP contribution in [0.4, 0.5) is 5.69 Å². The van der Waals surface area contributed by atoms with Gasteiger partial charge in [0.15, 0.2) is 9.84 Å². The number of halogens is 1. The molecule has 2 N–H and O–H groups in total. The van der Waals surface area contributed by atoms with E-state index in [4.69, 9.17) is 21.8 Å². The maximum Gasteiger partial charge on any atom is 0.238 e. The molecule has 0 saturated carbocycles. The number of sulfonamides is 1. The van der Waals surface area contributed by atoms with Gasteiger partial charge in [0.1, 0.15) is 0 Å². The van der Waals surface area contributed by atoms with Gasteiger partial charge in [0.2, 0.25) is 10.0 Å². The summed E-state index contributed by atoms with van der Waals surface area (Å²) in [6.07, 6.45) is 1.73. The highest BCUT2D eigenvalue weighted by Gasteiger charge is 2.30. The summed E-state index contributed by atoms with van der Waals surface area (Å²) < 4.78 is 46.7. The van der Waals surface area contributed by atoms with Crippen LogP contribution in [0.5, 0.6) is 0 Å². The highest BCUT2D eigenvalue weighted by atomic mass is 35.5. The van der Waals surface area contributed by atoms with Crippen molar-refractivity contribution in [3.8, 4) is 0 Å². The number of benzene rings is 3. The summed E-state index contributed by atoms with van der Waals surface area (Å²) in [5, 5.41) is 12.4. The standard InChI is InChI=1S/C22H20ClN3O4S2/c1-31(27,28)19-10-4-15(5-11-19)21-14-22(16-2-6-17(23)7-3-16)26(25-21)18-8-12-20(13-9-18)32(24,29)30/h2-13,22H,14H2,1H3,(H2,24,29,30). The second-order valence-electron chi connectivity index (χ2n) is 7.50. The fraction of sp³-hybridized carbons (Fsp3) is 0.136. The van der Waals surface area contributed by atoms with Gasteiger partial charge in [-0.1, -0.05) is 35.9 Å². The van der Waals surface area contributed by atoms with Crippen molar-refractivity contribution in [3.05, 3.63) is 88.9 Å². The van der Waals surface area contributed by atoms with E-state index in [0.717, 1.165) is 16.8 Å². The Morgan fingerprint density at radius 3 is 1.97 bits per heavy atom. The fourth-order valence-electron chi connectivity index (χ4n) is 3.55. The zero-order chi connectivity index (χ0) is 23.1. The van der Waals surface area contributed by atoms with Gasteiger partial charge in [-0.15, -0.1) is 0 Å². The lowest BCUT2D eigenvalue weighted by molar-refractivity contribution is 0.597. The van der Waals surface area contributed by atoms with Crippen molar-refractivity contribution in [2.45, 2.75) is 22.3 Å². The normalized spacial score (nSPS) is 16.8. The van der Waals surface area contributed by atoms with Crippen molar-refractivity contribution in [2.24, 2.45) is 10.2 Å². The minimum absolute atomic E-state index is 0.0176. The predicted molar refractivity (Wildman–Crippen MR) is 125 cm³/mol. The molecular weight excluding hydrogens is 470 g/mol. The highest BCUT2D eigenvalue weighted by Crippen LogP contribution is 2.37. The molecule has 32 heavy (non-hydrogen) atoms. The van der Waals surface area contributed by atoms with Crippen LogP contribution in [0.3, 0.4) is 0 Å². The minimum atomic E-state index is -3.80. The first-order valence-electron chi connectivity index (χ1n) is 9.58. The molecule has 4 rings (SSSR count). The number of nitrogens with zero attached hydrogens (tertiary/aromatic N) is 2. The van der Waals surface area contributed by atoms with Gasteiger partial charge in [0.25, 0.3) is 0 Å². The maximum atomic E-state index is 11.8. The average Bonchev–Trinajstić information content (AvgIpc) is 3.19. The molecule has 0 spiro atoms. The van der Waals surface area contributed by atoms with Crippen LogP contribution >= 0.6 is 11.6 Å². The molecule has 0 aliphatic carbocycles. The number of rotatable bonds is 5. The molecule has 3 aromatic carbocycles. The maximum absolute atomic E-state index is 11.8. The van der Waals surface area contributed by atoms with E-state index in [1.807, 2.05) is 17.1 Å². The molecule has 166 valence electrons. The summed E-state index contributed by atoms with van der Waals surface area (Å²) in [7, 11) is -7.09. The van der Waals surface area contributed by atoms with E-state index in [0.29, 0.717) is 17.1 Å². The fourth-order valence-corrected chi connectivity index (χ4v) is 4.82. The molecule has 1 unspecified atom stereocenters. The molecule has 0 fully saturated rings. The molecule has 0 aromatic heterocycles. The molecular formula is C22H20ClN3O4S2. The van der Waals surface area contributed by atoms with Crippen molar-refractivity contribution in [1.29, 1.82) is 0 Å². The predicted octanol–water partition coefficient (Wildman–Crippen LogP) is 3.75. The Balaban J connectivity index is 1.74. The monoisotopic (exact) mass is 489 g/mol. The van der Waals surface area contributed by atoms with Crippen molar-refractivity contribution in [3.63, 3.8) is 0 Å². The van der Waals surface area contributed by atoms with Gasteiger partial charge in [-0.3, -0.25) is 5.01 Å². The summed E-state index contributed by atoms with van der Waals surface area (Å²) in [6, 6.07) is 20.1. The van der Waals surface area contributed by atoms with Crippen molar-refractivity contribution < 1.29 is 16.8 Å². The smallest absolute Gasteiger partial charge is 0.238 e. The molecule has 3 aromatic rings. The Kier molecular flexibility index (Phi) is 5.85. The Bertz CT molecular complexity index is 1390. The number of hydrogen-bond donors (Lipinski definition) is 1. The lowest BCUT2D eigenvalue weighted by Crippen LogP contribution is -2.19. The van der Waals surface area contributed by atoms with Crippen LogP contribution in [0, 0.1) is 0 Å². The zero-order valence-electron chi connectivity index (χ0n) is 17.0. The molecule has 1 atom stereocenters. The first-order chi connectivity index (χ1) is 15.0. The van der Waals surface area contributed by atoms with Gasteiger partial charge in [-0.05, 0) is 59.7 Å². The molecule has 0 saturated heterocycles. The van der Waals surface area contributed by atoms with E-state index < -0.39 is 19.9 Å². The second-order valence-corrected chi connectivity index (χ2v) is 11.5. The van der Waals surface area contributed by atoms with Gasteiger partial charge in [0.05, 0.1) is 27.2 Å². The third-order valence-corrected chi connectivity index (χ3v) is 7.52. The van der Waals surface area contributed by atoms with Crippen LogP contribution in [-0.2, 0) is 19.9 Å². The van der Waals surface area contributed by atoms with E-state index in [2.05, 4.69) is 0 Å². The lowest BCUT2D eigenvalue weighted by atomic mass is 9.98. The summed E-state index contributed by atoms with van der Waals surface area (Å²) in [5.41, 5.74) is 3.26. The van der Waals surface area contributed by atoms with E-state index in [1.165, 1.54) is 18.4 Å². The summed E-state index contributed by atoms with van der Waals surface area (Å²) in [6.45, 7) is 0. The van der Waals surface area contributed by atoms with Gasteiger partial charge in [-0.25, -0.2) is 22.0 Å². The van der Waals surface area contributed by atoms with E-state index in [1.54, 1.807) is 48.5 Å². The summed E-state index contributed by atoms with van der Waals surface area (Å²) >= 11 is 6.05. The molecule has 10 heteroatoms. The largest absolute Gasteiger partial charge is 0.257 e. The first kappa shape index (κ1) is 22.5. The van der Waals surface area contributed by atoms with E-state index >= 15 is 0 Å². The molecule has 0 radical (unpaired) electrons. The first-order valence-corrected chi connectivity index (χ1v) is 13.4. The topological polar surface area (TPSA) is 110 Å². The van der Waals surface area contributed by atoms with Crippen LogP contribution in [-0.4, -0.2) is 28.8 Å². The van der Waals surface area contributed by atoms with Gasteiger partial charge < -0.3 is 0 Å². The van der Waals surface area contributed by atoms with Crippen molar-refractivity contribution >= 4 is 42.9 Å². The quantitative estimate of drug-likeness (QED) is 0.587. The Morgan fingerprint density at radius 1 is 0.875 bits per heavy atom. The van der Waals surface area contributed by atoms with Crippen LogP contribution in [0.2, 0.25) is 5.02 Å². The summed E-state index contributed by atoms with van der Waals surface area (Å²) in [4.78, 5) is 0.258. The average molecular weight is 490 g/mol. The molecule has 7 nitrogen and oxygen atoms in total. The van der Waals surface area contributed by atoms with E-state index in [9.17, 15) is 16.8 Å². The summed E-state index contributed by atoms with van der Waals surface area (Å²) in [5.74, 6) is 0. The number of hydrazone groups is 1. The van der Waals surface area contributed by atoms with Crippen LogP contribution in [0.1, 0.15) is 23.6 Å². The third-order valence-electron chi connectivity index (χ3n) is 5.21. The Labute approximate surface area is 192 Å². The van der Waals surface area contributed by atoms with Crippen LogP contribution in [0.25, 0.3) is 0 Å². The van der Waals surface area contributed by atoms with Crippen molar-refractivity contribution in [1.82, 2.24) is 0 Å². The lowest BCUT2D eigenvalue weighted by Gasteiger charge is -2.24.